The van der Waals surface area contributed by atoms with Gasteiger partial charge in [0.2, 0.25) is 0 Å². The molecule has 1 fully saturated rings. The lowest BCUT2D eigenvalue weighted by molar-refractivity contribution is 0.678. The predicted octanol–water partition coefficient (Wildman–Crippen LogP) is 2.99. The Morgan fingerprint density at radius 1 is 1.31 bits per heavy atom. The molecule has 0 bridgehead atoms. The monoisotopic (exact) mass is 297 g/mol. The van der Waals surface area contributed by atoms with Crippen molar-refractivity contribution < 1.29 is 0 Å². The first kappa shape index (κ1) is 10.4. The molecule has 16 heavy (non-hydrogen) atoms. The maximum Gasteiger partial charge on any atom is 0.150 e. The fourth-order valence-corrected chi connectivity index (χ4v) is 2.24. The molecular weight excluding hydrogens is 289 g/mol. The Morgan fingerprint density at radius 3 is 2.75 bits per heavy atom. The highest BCUT2D eigenvalue weighted by molar-refractivity contribution is 9.10. The number of rotatable bonds is 1. The van der Waals surface area contributed by atoms with E-state index in [4.69, 9.17) is 17.3 Å². The molecule has 0 saturated heterocycles. The molecule has 0 aliphatic heterocycles. The van der Waals surface area contributed by atoms with Crippen molar-refractivity contribution in [2.45, 2.75) is 18.4 Å². The van der Waals surface area contributed by atoms with Crippen LogP contribution in [0.2, 0.25) is 5.15 Å². The minimum atomic E-state index is -0.342. The summed E-state index contributed by atoms with van der Waals surface area (Å²) >= 11 is 9.54. The Bertz CT molecular complexity index is 581. The molecule has 1 aliphatic carbocycles. The van der Waals surface area contributed by atoms with E-state index in [0.717, 1.165) is 28.2 Å². The van der Waals surface area contributed by atoms with Crippen molar-refractivity contribution in [3.8, 4) is 0 Å². The molecule has 1 aliphatic rings. The fourth-order valence-electron chi connectivity index (χ4n) is 1.64. The van der Waals surface area contributed by atoms with Crippen LogP contribution in [0.15, 0.2) is 22.7 Å². The molecule has 0 amide bonds. The molecule has 0 spiro atoms. The van der Waals surface area contributed by atoms with Gasteiger partial charge < -0.3 is 5.73 Å². The summed E-state index contributed by atoms with van der Waals surface area (Å²) in [5.41, 5.74) is 6.56. The number of hydrogen-bond acceptors (Lipinski definition) is 3. The topological polar surface area (TPSA) is 51.8 Å². The summed E-state index contributed by atoms with van der Waals surface area (Å²) in [6.45, 7) is 0. The van der Waals surface area contributed by atoms with Gasteiger partial charge in [-0.1, -0.05) is 27.5 Å². The molecule has 5 heteroatoms. The van der Waals surface area contributed by atoms with E-state index in [2.05, 4.69) is 25.9 Å². The van der Waals surface area contributed by atoms with Crippen LogP contribution in [0.25, 0.3) is 10.9 Å². The van der Waals surface area contributed by atoms with Crippen LogP contribution in [0.3, 0.4) is 0 Å². The highest BCUT2D eigenvalue weighted by Gasteiger charge is 2.43. The summed E-state index contributed by atoms with van der Waals surface area (Å²) in [7, 11) is 0. The van der Waals surface area contributed by atoms with Crippen molar-refractivity contribution in [2.24, 2.45) is 5.73 Å². The number of nitrogens with zero attached hydrogens (tertiary/aromatic N) is 2. The van der Waals surface area contributed by atoms with Crippen molar-refractivity contribution in [1.82, 2.24) is 9.97 Å². The average Bonchev–Trinajstić information content (AvgIpc) is 2.99. The lowest BCUT2D eigenvalue weighted by Gasteiger charge is -2.09. The van der Waals surface area contributed by atoms with E-state index in [9.17, 15) is 0 Å². The molecule has 3 rings (SSSR count). The summed E-state index contributed by atoms with van der Waals surface area (Å²) in [5, 5.41) is 1.32. The van der Waals surface area contributed by atoms with Gasteiger partial charge in [0.05, 0.1) is 11.1 Å². The zero-order chi connectivity index (χ0) is 11.3. The van der Waals surface area contributed by atoms with Gasteiger partial charge in [-0.15, -0.1) is 0 Å². The zero-order valence-corrected chi connectivity index (χ0v) is 10.7. The number of nitrogens with two attached hydrogens (primary N) is 1. The Morgan fingerprint density at radius 2 is 2.06 bits per heavy atom. The van der Waals surface area contributed by atoms with E-state index in [0.29, 0.717) is 11.0 Å². The van der Waals surface area contributed by atoms with Gasteiger partial charge in [0.1, 0.15) is 5.15 Å². The van der Waals surface area contributed by atoms with Gasteiger partial charge in [-0.2, -0.15) is 0 Å². The van der Waals surface area contributed by atoms with Crippen LogP contribution in [0.1, 0.15) is 18.7 Å². The quantitative estimate of drug-likeness (QED) is 0.823. The van der Waals surface area contributed by atoms with Gasteiger partial charge in [0, 0.05) is 9.86 Å². The molecular formula is C11H9BrClN3. The Balaban J connectivity index is 2.26. The predicted molar refractivity (Wildman–Crippen MR) is 67.3 cm³/mol. The van der Waals surface area contributed by atoms with Crippen molar-refractivity contribution in [3.05, 3.63) is 33.6 Å². The summed E-state index contributed by atoms with van der Waals surface area (Å²) in [6.07, 6.45) is 1.87. The molecule has 1 saturated carbocycles. The third kappa shape index (κ3) is 1.61. The second-order valence-electron chi connectivity index (χ2n) is 4.16. The molecule has 1 aromatic heterocycles. The maximum absolute atomic E-state index is 6.14. The van der Waals surface area contributed by atoms with Gasteiger partial charge in [0.25, 0.3) is 0 Å². The second-order valence-corrected chi connectivity index (χ2v) is 5.43. The standard InChI is InChI=1S/C11H9BrClN3/c12-6-1-2-8-7(5-6)9(13)16-10(15-8)11(14)3-4-11/h1-2,5H,3-4,14H2. The average molecular weight is 299 g/mol. The van der Waals surface area contributed by atoms with E-state index in [-0.39, 0.29) is 5.54 Å². The molecule has 0 radical (unpaired) electrons. The largest absolute Gasteiger partial charge is 0.319 e. The number of hydrogen-bond donors (Lipinski definition) is 1. The molecule has 3 nitrogen and oxygen atoms in total. The van der Waals surface area contributed by atoms with Crippen LogP contribution in [-0.2, 0) is 5.54 Å². The Labute approximate surface area is 106 Å². The highest BCUT2D eigenvalue weighted by atomic mass is 79.9. The minimum absolute atomic E-state index is 0.342. The van der Waals surface area contributed by atoms with Crippen LogP contribution in [0, 0.1) is 0 Å². The van der Waals surface area contributed by atoms with Gasteiger partial charge >= 0.3 is 0 Å². The normalized spacial score (nSPS) is 17.7. The summed E-state index contributed by atoms with van der Waals surface area (Å²) < 4.78 is 0.965. The Kier molecular flexibility index (Phi) is 2.21. The number of halogens is 2. The van der Waals surface area contributed by atoms with Gasteiger partial charge in [-0.3, -0.25) is 0 Å². The third-order valence-corrected chi connectivity index (χ3v) is 3.63. The molecule has 2 aromatic rings. The van der Waals surface area contributed by atoms with E-state index < -0.39 is 0 Å². The summed E-state index contributed by atoms with van der Waals surface area (Å²) in [6, 6.07) is 5.77. The number of benzene rings is 1. The number of fused-ring (bicyclic) bond motifs is 1. The smallest absolute Gasteiger partial charge is 0.150 e. The molecule has 2 N–H and O–H groups in total. The first-order valence-corrected chi connectivity index (χ1v) is 6.18. The van der Waals surface area contributed by atoms with Crippen LogP contribution >= 0.6 is 27.5 Å². The van der Waals surface area contributed by atoms with Gasteiger partial charge in [-0.25, -0.2) is 9.97 Å². The molecule has 82 valence electrons. The Hall–Kier alpha value is -0.710. The molecule has 0 atom stereocenters. The van der Waals surface area contributed by atoms with E-state index in [1.165, 1.54) is 0 Å². The van der Waals surface area contributed by atoms with E-state index in [1.807, 2.05) is 18.2 Å². The van der Waals surface area contributed by atoms with Gasteiger partial charge in [-0.05, 0) is 31.0 Å². The van der Waals surface area contributed by atoms with Crippen molar-refractivity contribution in [2.75, 3.05) is 0 Å². The van der Waals surface area contributed by atoms with Crippen molar-refractivity contribution in [1.29, 1.82) is 0 Å². The minimum Gasteiger partial charge on any atom is -0.319 e. The van der Waals surface area contributed by atoms with Gasteiger partial charge in [0.15, 0.2) is 5.82 Å². The lowest BCUT2D eigenvalue weighted by Crippen LogP contribution is -2.22. The summed E-state index contributed by atoms with van der Waals surface area (Å²) in [5.74, 6) is 0.660. The highest BCUT2D eigenvalue weighted by Crippen LogP contribution is 2.41. The zero-order valence-electron chi connectivity index (χ0n) is 8.37. The van der Waals surface area contributed by atoms with E-state index >= 15 is 0 Å². The van der Waals surface area contributed by atoms with Crippen LogP contribution < -0.4 is 5.73 Å². The van der Waals surface area contributed by atoms with Crippen LogP contribution in [0.4, 0.5) is 0 Å². The number of aromatic nitrogens is 2. The third-order valence-electron chi connectivity index (χ3n) is 2.85. The molecule has 0 unspecified atom stereocenters. The fraction of sp³-hybridized carbons (Fsp3) is 0.273. The van der Waals surface area contributed by atoms with Crippen LogP contribution in [-0.4, -0.2) is 9.97 Å². The molecule has 1 aromatic carbocycles. The van der Waals surface area contributed by atoms with E-state index in [1.54, 1.807) is 0 Å². The SMILES string of the molecule is NC1(c2nc(Cl)c3cc(Br)ccc3n2)CC1. The lowest BCUT2D eigenvalue weighted by atomic mass is 10.2. The van der Waals surface area contributed by atoms with Crippen molar-refractivity contribution in [3.63, 3.8) is 0 Å². The first-order valence-electron chi connectivity index (χ1n) is 5.01. The summed E-state index contributed by atoms with van der Waals surface area (Å²) in [4.78, 5) is 8.75. The van der Waals surface area contributed by atoms with Crippen molar-refractivity contribution >= 4 is 38.4 Å². The maximum atomic E-state index is 6.14. The molecule has 1 heterocycles. The first-order chi connectivity index (χ1) is 7.58. The second kappa shape index (κ2) is 3.39. The van der Waals surface area contributed by atoms with Crippen LogP contribution in [0.5, 0.6) is 0 Å².